The van der Waals surface area contributed by atoms with Crippen LogP contribution in [-0.2, 0) is 0 Å². The predicted octanol–water partition coefficient (Wildman–Crippen LogP) is 2.71. The standard InChI is InChI=1S/C13H14FN/c1-3-8-15(2)13-9-12(14)10-6-4-5-7-11(10)13/h1,4-7,12-13H,8-9H2,2H3. The molecule has 15 heavy (non-hydrogen) atoms. The number of alkyl halides is 1. The Balaban J connectivity index is 2.29. The van der Waals surface area contributed by atoms with Crippen LogP contribution in [0.5, 0.6) is 0 Å². The van der Waals surface area contributed by atoms with Gasteiger partial charge >= 0.3 is 0 Å². The van der Waals surface area contributed by atoms with E-state index in [1.54, 1.807) is 0 Å². The van der Waals surface area contributed by atoms with Crippen LogP contribution in [0.4, 0.5) is 4.39 Å². The van der Waals surface area contributed by atoms with E-state index in [9.17, 15) is 4.39 Å². The summed E-state index contributed by atoms with van der Waals surface area (Å²) in [5.74, 6) is 2.59. The van der Waals surface area contributed by atoms with E-state index < -0.39 is 6.17 Å². The molecule has 0 amide bonds. The number of hydrogen-bond donors (Lipinski definition) is 0. The van der Waals surface area contributed by atoms with Gasteiger partial charge in [-0.1, -0.05) is 30.2 Å². The second kappa shape index (κ2) is 4.04. The highest BCUT2D eigenvalue weighted by molar-refractivity contribution is 5.36. The molecule has 2 rings (SSSR count). The highest BCUT2D eigenvalue weighted by atomic mass is 19.1. The van der Waals surface area contributed by atoms with Crippen LogP contribution in [0.15, 0.2) is 24.3 Å². The third-order valence-electron chi connectivity index (χ3n) is 3.00. The number of terminal acetylenes is 1. The molecule has 0 aromatic heterocycles. The molecule has 1 aromatic carbocycles. The van der Waals surface area contributed by atoms with Crippen molar-refractivity contribution in [2.45, 2.75) is 18.6 Å². The van der Waals surface area contributed by atoms with Gasteiger partial charge in [0.25, 0.3) is 0 Å². The fourth-order valence-corrected chi connectivity index (χ4v) is 2.22. The minimum atomic E-state index is -0.841. The lowest BCUT2D eigenvalue weighted by Crippen LogP contribution is -2.23. The average Bonchev–Trinajstić information content (AvgIpc) is 2.58. The highest BCUT2D eigenvalue weighted by Crippen LogP contribution is 2.43. The molecule has 1 aromatic rings. The molecule has 0 radical (unpaired) electrons. The van der Waals surface area contributed by atoms with Crippen molar-refractivity contribution >= 4 is 0 Å². The first-order valence-electron chi connectivity index (χ1n) is 5.10. The summed E-state index contributed by atoms with van der Waals surface area (Å²) in [5.41, 5.74) is 1.91. The summed E-state index contributed by atoms with van der Waals surface area (Å²) in [4.78, 5) is 2.03. The summed E-state index contributed by atoms with van der Waals surface area (Å²) in [6.45, 7) is 0.561. The fraction of sp³-hybridized carbons (Fsp3) is 0.385. The minimum absolute atomic E-state index is 0.132. The number of rotatable bonds is 2. The molecular formula is C13H14FN. The molecule has 0 saturated carbocycles. The lowest BCUT2D eigenvalue weighted by Gasteiger charge is -2.22. The van der Waals surface area contributed by atoms with Crippen LogP contribution in [-0.4, -0.2) is 18.5 Å². The Bertz CT molecular complexity index is 394. The summed E-state index contributed by atoms with van der Waals surface area (Å²) in [5, 5.41) is 0. The molecule has 0 N–H and O–H groups in total. The van der Waals surface area contributed by atoms with Crippen LogP contribution in [0.3, 0.4) is 0 Å². The number of benzene rings is 1. The van der Waals surface area contributed by atoms with Gasteiger partial charge in [0.15, 0.2) is 0 Å². The lowest BCUT2D eigenvalue weighted by atomic mass is 10.1. The molecule has 1 nitrogen and oxygen atoms in total. The van der Waals surface area contributed by atoms with E-state index in [0.717, 1.165) is 11.1 Å². The lowest BCUT2D eigenvalue weighted by molar-refractivity contribution is 0.226. The van der Waals surface area contributed by atoms with E-state index in [2.05, 4.69) is 5.92 Å². The molecule has 0 saturated heterocycles. The Labute approximate surface area is 89.9 Å². The van der Waals surface area contributed by atoms with E-state index in [4.69, 9.17) is 6.42 Å². The van der Waals surface area contributed by atoms with Crippen molar-refractivity contribution in [3.05, 3.63) is 35.4 Å². The van der Waals surface area contributed by atoms with Crippen molar-refractivity contribution in [3.63, 3.8) is 0 Å². The Morgan fingerprint density at radius 1 is 1.47 bits per heavy atom. The average molecular weight is 203 g/mol. The summed E-state index contributed by atoms with van der Waals surface area (Å²) in [6, 6.07) is 7.83. The molecule has 2 atom stereocenters. The smallest absolute Gasteiger partial charge is 0.127 e. The minimum Gasteiger partial charge on any atom is -0.288 e. The summed E-state index contributed by atoms with van der Waals surface area (Å²) in [6.07, 6.45) is 4.95. The molecular weight excluding hydrogens is 189 g/mol. The van der Waals surface area contributed by atoms with Gasteiger partial charge in [0.1, 0.15) is 6.17 Å². The van der Waals surface area contributed by atoms with E-state index >= 15 is 0 Å². The topological polar surface area (TPSA) is 3.24 Å². The van der Waals surface area contributed by atoms with Crippen LogP contribution in [0.25, 0.3) is 0 Å². The SMILES string of the molecule is C#CCN(C)C1CC(F)c2ccccc21. The third-order valence-corrected chi connectivity index (χ3v) is 3.00. The second-order valence-electron chi connectivity index (χ2n) is 3.97. The third kappa shape index (κ3) is 1.75. The van der Waals surface area contributed by atoms with Crippen molar-refractivity contribution in [1.82, 2.24) is 4.90 Å². The summed E-state index contributed by atoms with van der Waals surface area (Å²) in [7, 11) is 1.94. The van der Waals surface area contributed by atoms with Gasteiger partial charge in [0, 0.05) is 12.5 Å². The first-order valence-corrected chi connectivity index (χ1v) is 5.10. The monoisotopic (exact) mass is 203 g/mol. The normalized spacial score (nSPS) is 23.9. The molecule has 0 heterocycles. The van der Waals surface area contributed by atoms with Crippen molar-refractivity contribution in [2.24, 2.45) is 0 Å². The maximum absolute atomic E-state index is 13.7. The molecule has 1 aliphatic carbocycles. The number of halogens is 1. The largest absolute Gasteiger partial charge is 0.288 e. The number of nitrogens with zero attached hydrogens (tertiary/aromatic N) is 1. The van der Waals surface area contributed by atoms with Crippen LogP contribution in [0.2, 0.25) is 0 Å². The van der Waals surface area contributed by atoms with Gasteiger partial charge in [0.2, 0.25) is 0 Å². The molecule has 1 aliphatic rings. The quantitative estimate of drug-likeness (QED) is 0.668. The van der Waals surface area contributed by atoms with Gasteiger partial charge in [-0.2, -0.15) is 0 Å². The van der Waals surface area contributed by atoms with Gasteiger partial charge in [-0.15, -0.1) is 6.42 Å². The highest BCUT2D eigenvalue weighted by Gasteiger charge is 2.32. The van der Waals surface area contributed by atoms with Crippen LogP contribution >= 0.6 is 0 Å². The molecule has 2 heteroatoms. The van der Waals surface area contributed by atoms with Crippen LogP contribution in [0, 0.1) is 12.3 Å². The van der Waals surface area contributed by atoms with Gasteiger partial charge in [-0.3, -0.25) is 4.90 Å². The van der Waals surface area contributed by atoms with Crippen molar-refractivity contribution in [2.75, 3.05) is 13.6 Å². The maximum atomic E-state index is 13.7. The van der Waals surface area contributed by atoms with Crippen molar-refractivity contribution in [1.29, 1.82) is 0 Å². The zero-order valence-corrected chi connectivity index (χ0v) is 8.78. The zero-order chi connectivity index (χ0) is 10.8. The van der Waals surface area contributed by atoms with Crippen molar-refractivity contribution in [3.8, 4) is 12.3 Å². The van der Waals surface area contributed by atoms with Gasteiger partial charge in [0.05, 0.1) is 6.54 Å². The second-order valence-corrected chi connectivity index (χ2v) is 3.97. The van der Waals surface area contributed by atoms with E-state index in [1.165, 1.54) is 0 Å². The number of fused-ring (bicyclic) bond motifs is 1. The Hall–Kier alpha value is -1.33. The zero-order valence-electron chi connectivity index (χ0n) is 8.78. The van der Waals surface area contributed by atoms with Gasteiger partial charge < -0.3 is 0 Å². The summed E-state index contributed by atoms with van der Waals surface area (Å²) < 4.78 is 13.7. The van der Waals surface area contributed by atoms with Crippen LogP contribution in [0.1, 0.15) is 29.8 Å². The van der Waals surface area contributed by atoms with Gasteiger partial charge in [-0.25, -0.2) is 4.39 Å². The number of hydrogen-bond acceptors (Lipinski definition) is 1. The van der Waals surface area contributed by atoms with E-state index in [0.29, 0.717) is 13.0 Å². The Morgan fingerprint density at radius 3 is 2.80 bits per heavy atom. The molecule has 2 unspecified atom stereocenters. The molecule has 0 bridgehead atoms. The van der Waals surface area contributed by atoms with E-state index in [1.807, 2.05) is 36.2 Å². The predicted molar refractivity (Wildman–Crippen MR) is 59.1 cm³/mol. The molecule has 78 valence electrons. The Morgan fingerprint density at radius 2 is 2.13 bits per heavy atom. The van der Waals surface area contributed by atoms with Gasteiger partial charge in [-0.05, 0) is 18.2 Å². The van der Waals surface area contributed by atoms with Crippen molar-refractivity contribution < 1.29 is 4.39 Å². The van der Waals surface area contributed by atoms with Crippen LogP contribution < -0.4 is 0 Å². The first-order chi connectivity index (χ1) is 7.24. The molecule has 0 spiro atoms. The fourth-order valence-electron chi connectivity index (χ4n) is 2.22. The first kappa shape index (κ1) is 10.2. The van der Waals surface area contributed by atoms with E-state index in [-0.39, 0.29) is 6.04 Å². The maximum Gasteiger partial charge on any atom is 0.127 e. The Kier molecular flexibility index (Phi) is 2.75. The summed E-state index contributed by atoms with van der Waals surface area (Å²) >= 11 is 0. The molecule has 0 fully saturated rings. The molecule has 0 aliphatic heterocycles.